The minimum Gasteiger partial charge on any atom is -0.493 e. The van der Waals surface area contributed by atoms with Crippen molar-refractivity contribution < 1.29 is 14.2 Å². The van der Waals surface area contributed by atoms with Crippen molar-refractivity contribution in [2.24, 2.45) is 5.41 Å². The largest absolute Gasteiger partial charge is 0.493 e. The smallest absolute Gasteiger partial charge is 0.125 e. The summed E-state index contributed by atoms with van der Waals surface area (Å²) in [6, 6.07) is 6.28. The molecule has 0 bridgehead atoms. The van der Waals surface area contributed by atoms with Gasteiger partial charge in [0.1, 0.15) is 11.6 Å². The Morgan fingerprint density at radius 2 is 2.28 bits per heavy atom. The molecular formula is C14H16FNO2. The SMILES string of the molecule is C[C@@H](O)c1cc(F)ccc1OCC1(CC#N)CC1. The van der Waals surface area contributed by atoms with Crippen LogP contribution in [0, 0.1) is 22.6 Å². The summed E-state index contributed by atoms with van der Waals surface area (Å²) < 4.78 is 18.8. The van der Waals surface area contributed by atoms with Crippen LogP contribution in [0.1, 0.15) is 37.9 Å². The molecule has 0 unspecified atom stereocenters. The van der Waals surface area contributed by atoms with Gasteiger partial charge in [0.15, 0.2) is 0 Å². The van der Waals surface area contributed by atoms with Crippen molar-refractivity contribution >= 4 is 0 Å². The number of benzene rings is 1. The first-order chi connectivity index (χ1) is 8.56. The van der Waals surface area contributed by atoms with Crippen LogP contribution in [0.25, 0.3) is 0 Å². The summed E-state index contributed by atoms with van der Waals surface area (Å²) in [5.74, 6) is 0.104. The molecule has 0 radical (unpaired) electrons. The zero-order valence-corrected chi connectivity index (χ0v) is 10.3. The molecule has 1 fully saturated rings. The Morgan fingerprint density at radius 1 is 1.56 bits per heavy atom. The fourth-order valence-electron chi connectivity index (χ4n) is 1.92. The molecule has 1 N–H and O–H groups in total. The molecule has 1 aliphatic rings. The summed E-state index contributed by atoms with van der Waals surface area (Å²) in [5.41, 5.74) is 0.418. The molecule has 0 aromatic heterocycles. The summed E-state index contributed by atoms with van der Waals surface area (Å²) in [6.45, 7) is 2.02. The minimum atomic E-state index is -0.776. The number of hydrogen-bond acceptors (Lipinski definition) is 3. The lowest BCUT2D eigenvalue weighted by Crippen LogP contribution is -2.13. The quantitative estimate of drug-likeness (QED) is 0.872. The summed E-state index contributed by atoms with van der Waals surface area (Å²) in [7, 11) is 0. The van der Waals surface area contributed by atoms with Crippen LogP contribution in [0.4, 0.5) is 4.39 Å². The minimum absolute atomic E-state index is 0.0287. The van der Waals surface area contributed by atoms with Gasteiger partial charge in [-0.15, -0.1) is 0 Å². The van der Waals surface area contributed by atoms with Gasteiger partial charge in [0, 0.05) is 17.4 Å². The Morgan fingerprint density at radius 3 is 2.83 bits per heavy atom. The van der Waals surface area contributed by atoms with E-state index in [0.29, 0.717) is 24.3 Å². The first-order valence-electron chi connectivity index (χ1n) is 6.04. The van der Waals surface area contributed by atoms with E-state index in [2.05, 4.69) is 6.07 Å². The van der Waals surface area contributed by atoms with Gasteiger partial charge in [-0.2, -0.15) is 5.26 Å². The molecular weight excluding hydrogens is 233 g/mol. The number of ether oxygens (including phenoxy) is 1. The number of hydrogen-bond donors (Lipinski definition) is 1. The van der Waals surface area contributed by atoms with E-state index in [1.54, 1.807) is 6.92 Å². The molecule has 2 rings (SSSR count). The highest BCUT2D eigenvalue weighted by atomic mass is 19.1. The van der Waals surface area contributed by atoms with E-state index in [1.807, 2.05) is 0 Å². The van der Waals surface area contributed by atoms with E-state index < -0.39 is 11.9 Å². The third kappa shape index (κ3) is 2.80. The number of aliphatic hydroxyl groups is 1. The molecule has 0 saturated heterocycles. The third-order valence-electron chi connectivity index (χ3n) is 3.37. The standard InChI is InChI=1S/C14H16FNO2/c1-10(17)12-8-11(15)2-3-13(12)18-9-14(4-5-14)6-7-16/h2-3,8,10,17H,4-6,9H2,1H3/t10-/m1/s1. The van der Waals surface area contributed by atoms with Crippen LogP contribution < -0.4 is 4.74 Å². The van der Waals surface area contributed by atoms with Crippen molar-refractivity contribution in [1.82, 2.24) is 0 Å². The Balaban J connectivity index is 2.08. The highest BCUT2D eigenvalue weighted by Gasteiger charge is 2.43. The van der Waals surface area contributed by atoms with Crippen molar-refractivity contribution in [3.63, 3.8) is 0 Å². The van der Waals surface area contributed by atoms with Gasteiger partial charge in [-0.3, -0.25) is 0 Å². The molecule has 1 aromatic carbocycles. The van der Waals surface area contributed by atoms with E-state index in [0.717, 1.165) is 12.8 Å². The molecule has 0 heterocycles. The van der Waals surface area contributed by atoms with Crippen molar-refractivity contribution in [1.29, 1.82) is 5.26 Å². The van der Waals surface area contributed by atoms with E-state index in [-0.39, 0.29) is 5.41 Å². The summed E-state index contributed by atoms with van der Waals surface area (Å²) in [6.07, 6.45) is 1.69. The average Bonchev–Trinajstić information content (AvgIpc) is 3.08. The lowest BCUT2D eigenvalue weighted by molar-refractivity contribution is 0.183. The maximum Gasteiger partial charge on any atom is 0.125 e. The first-order valence-corrected chi connectivity index (χ1v) is 6.04. The van der Waals surface area contributed by atoms with Gasteiger partial charge in [-0.25, -0.2) is 4.39 Å². The molecule has 18 heavy (non-hydrogen) atoms. The van der Waals surface area contributed by atoms with Crippen LogP contribution >= 0.6 is 0 Å². The highest BCUT2D eigenvalue weighted by molar-refractivity contribution is 5.35. The zero-order chi connectivity index (χ0) is 13.2. The molecule has 96 valence electrons. The molecule has 4 heteroatoms. The van der Waals surface area contributed by atoms with E-state index in [9.17, 15) is 9.50 Å². The molecule has 3 nitrogen and oxygen atoms in total. The predicted octanol–water partition coefficient (Wildman–Crippen LogP) is 2.95. The van der Waals surface area contributed by atoms with Crippen LogP contribution in [-0.2, 0) is 0 Å². The van der Waals surface area contributed by atoms with Crippen LogP contribution in [0.3, 0.4) is 0 Å². The normalized spacial score (nSPS) is 17.9. The van der Waals surface area contributed by atoms with Crippen LogP contribution in [-0.4, -0.2) is 11.7 Å². The lowest BCUT2D eigenvalue weighted by Gasteiger charge is -2.17. The molecule has 0 amide bonds. The Labute approximate surface area is 106 Å². The van der Waals surface area contributed by atoms with Gasteiger partial charge in [0.2, 0.25) is 0 Å². The Hall–Kier alpha value is -1.60. The van der Waals surface area contributed by atoms with Crippen LogP contribution in [0.2, 0.25) is 0 Å². The maximum atomic E-state index is 13.1. The molecule has 1 saturated carbocycles. The second kappa shape index (κ2) is 4.95. The van der Waals surface area contributed by atoms with E-state index >= 15 is 0 Å². The topological polar surface area (TPSA) is 53.2 Å². The molecule has 1 aliphatic carbocycles. The average molecular weight is 249 g/mol. The van der Waals surface area contributed by atoms with Crippen LogP contribution in [0.5, 0.6) is 5.75 Å². The first kappa shape index (κ1) is 12.8. The molecule has 1 atom stereocenters. The van der Waals surface area contributed by atoms with Crippen molar-refractivity contribution in [2.45, 2.75) is 32.3 Å². The molecule has 1 aromatic rings. The van der Waals surface area contributed by atoms with Crippen molar-refractivity contribution in [3.05, 3.63) is 29.6 Å². The van der Waals surface area contributed by atoms with Gasteiger partial charge in [-0.05, 0) is 38.0 Å². The monoisotopic (exact) mass is 249 g/mol. The number of rotatable bonds is 5. The van der Waals surface area contributed by atoms with Gasteiger partial charge < -0.3 is 9.84 Å². The summed E-state index contributed by atoms with van der Waals surface area (Å²) in [5, 5.41) is 18.3. The number of nitrogens with zero attached hydrogens (tertiary/aromatic N) is 1. The number of aliphatic hydroxyl groups excluding tert-OH is 1. The summed E-state index contributed by atoms with van der Waals surface area (Å²) in [4.78, 5) is 0. The Kier molecular flexibility index (Phi) is 3.53. The van der Waals surface area contributed by atoms with Crippen molar-refractivity contribution in [3.8, 4) is 11.8 Å². The fraction of sp³-hybridized carbons (Fsp3) is 0.500. The highest BCUT2D eigenvalue weighted by Crippen LogP contribution is 2.48. The van der Waals surface area contributed by atoms with Gasteiger partial charge in [0.25, 0.3) is 0 Å². The molecule has 0 spiro atoms. The second-order valence-electron chi connectivity index (χ2n) is 4.98. The van der Waals surface area contributed by atoms with E-state index in [4.69, 9.17) is 10.00 Å². The third-order valence-corrected chi connectivity index (χ3v) is 3.37. The number of halogens is 1. The van der Waals surface area contributed by atoms with Gasteiger partial charge in [0.05, 0.1) is 18.8 Å². The fourth-order valence-corrected chi connectivity index (χ4v) is 1.92. The lowest BCUT2D eigenvalue weighted by atomic mass is 10.1. The predicted molar refractivity (Wildman–Crippen MR) is 64.4 cm³/mol. The number of nitriles is 1. The van der Waals surface area contributed by atoms with Crippen molar-refractivity contribution in [2.75, 3.05) is 6.61 Å². The van der Waals surface area contributed by atoms with Crippen LogP contribution in [0.15, 0.2) is 18.2 Å². The summed E-state index contributed by atoms with van der Waals surface area (Å²) >= 11 is 0. The molecule has 0 aliphatic heterocycles. The van der Waals surface area contributed by atoms with Gasteiger partial charge in [-0.1, -0.05) is 0 Å². The zero-order valence-electron chi connectivity index (χ0n) is 10.3. The van der Waals surface area contributed by atoms with Gasteiger partial charge >= 0.3 is 0 Å². The van der Waals surface area contributed by atoms with E-state index in [1.165, 1.54) is 18.2 Å². The Bertz CT molecular complexity index is 475. The maximum absolute atomic E-state index is 13.1. The second-order valence-corrected chi connectivity index (χ2v) is 4.98.